The second-order valence-corrected chi connectivity index (χ2v) is 9.50. The van der Waals surface area contributed by atoms with Crippen LogP contribution in [0.2, 0.25) is 0 Å². The molecule has 2 amide bonds. The van der Waals surface area contributed by atoms with Crippen molar-refractivity contribution in [2.75, 3.05) is 6.54 Å². The molecule has 3 rings (SSSR count). The lowest BCUT2D eigenvalue weighted by Gasteiger charge is -2.29. The molecule has 0 unspecified atom stereocenters. The molecule has 0 bridgehead atoms. The summed E-state index contributed by atoms with van der Waals surface area (Å²) in [6, 6.07) is 11.9. The molecule has 0 spiro atoms. The highest BCUT2D eigenvalue weighted by Gasteiger charge is 2.42. The van der Waals surface area contributed by atoms with E-state index in [1.807, 2.05) is 48.7 Å². The van der Waals surface area contributed by atoms with Crippen molar-refractivity contribution in [2.45, 2.75) is 70.8 Å². The molecular formula is C25H32FN3O3. The van der Waals surface area contributed by atoms with Crippen LogP contribution < -0.4 is 5.32 Å². The maximum absolute atomic E-state index is 14.2. The van der Waals surface area contributed by atoms with Gasteiger partial charge in [-0.2, -0.15) is 0 Å². The third kappa shape index (κ3) is 5.84. The summed E-state index contributed by atoms with van der Waals surface area (Å²) in [6.45, 7) is 9.23. The summed E-state index contributed by atoms with van der Waals surface area (Å²) >= 11 is 0. The number of benzene rings is 1. The van der Waals surface area contributed by atoms with Crippen molar-refractivity contribution in [2.24, 2.45) is 0 Å². The normalized spacial score (nSPS) is 19.7. The minimum absolute atomic E-state index is 0.0632. The standard InChI is InChI=1S/C25H32FN3O3/c1-16(2)18-11-12-20(27-14-18)22(17-9-7-6-8-10-17)28-23(30)21-13-19(26)15-29(21)24(31)32-25(3,4)5/h6-12,14,16,19,21-22H,13,15H2,1-5H3,(H,28,30)/t19-,21+,22+/m1/s1. The van der Waals surface area contributed by atoms with Crippen molar-refractivity contribution >= 4 is 12.0 Å². The molecule has 1 saturated heterocycles. The third-order valence-electron chi connectivity index (χ3n) is 5.37. The van der Waals surface area contributed by atoms with Crippen LogP contribution in [-0.4, -0.2) is 46.2 Å². The van der Waals surface area contributed by atoms with Crippen LogP contribution in [0.25, 0.3) is 0 Å². The van der Waals surface area contributed by atoms with Gasteiger partial charge in [-0.25, -0.2) is 9.18 Å². The van der Waals surface area contributed by atoms with Gasteiger partial charge in [-0.05, 0) is 43.9 Å². The Labute approximate surface area is 189 Å². The van der Waals surface area contributed by atoms with Crippen molar-refractivity contribution in [1.29, 1.82) is 0 Å². The first-order valence-electron chi connectivity index (χ1n) is 11.0. The van der Waals surface area contributed by atoms with Crippen LogP contribution in [0.5, 0.6) is 0 Å². The van der Waals surface area contributed by atoms with E-state index in [2.05, 4.69) is 24.1 Å². The molecule has 1 aromatic heterocycles. The predicted molar refractivity (Wildman–Crippen MR) is 121 cm³/mol. The lowest BCUT2D eigenvalue weighted by Crippen LogP contribution is -2.48. The number of carbonyl (C=O) groups is 2. The Morgan fingerprint density at radius 1 is 1.12 bits per heavy atom. The first-order valence-corrected chi connectivity index (χ1v) is 11.0. The largest absolute Gasteiger partial charge is 0.444 e. The molecule has 0 saturated carbocycles. The molecule has 2 aromatic rings. The first-order chi connectivity index (χ1) is 15.0. The Morgan fingerprint density at radius 2 is 1.81 bits per heavy atom. The zero-order valence-electron chi connectivity index (χ0n) is 19.3. The molecule has 3 atom stereocenters. The van der Waals surface area contributed by atoms with Gasteiger partial charge < -0.3 is 10.1 Å². The van der Waals surface area contributed by atoms with E-state index in [1.54, 1.807) is 20.8 Å². The van der Waals surface area contributed by atoms with Crippen LogP contribution in [0.1, 0.15) is 69.8 Å². The smallest absolute Gasteiger partial charge is 0.411 e. The highest BCUT2D eigenvalue weighted by atomic mass is 19.1. The Kier molecular flexibility index (Phi) is 7.16. The number of alkyl halides is 1. The maximum Gasteiger partial charge on any atom is 0.411 e. The summed E-state index contributed by atoms with van der Waals surface area (Å²) in [7, 11) is 0. The number of likely N-dealkylation sites (tertiary alicyclic amines) is 1. The summed E-state index contributed by atoms with van der Waals surface area (Å²) in [6.07, 6.45) is -0.223. The van der Waals surface area contributed by atoms with Crippen LogP contribution in [0.15, 0.2) is 48.7 Å². The van der Waals surface area contributed by atoms with Gasteiger partial charge in [0.1, 0.15) is 17.8 Å². The van der Waals surface area contributed by atoms with E-state index in [0.717, 1.165) is 11.1 Å². The fourth-order valence-electron chi connectivity index (χ4n) is 3.70. The third-order valence-corrected chi connectivity index (χ3v) is 5.37. The summed E-state index contributed by atoms with van der Waals surface area (Å²) in [5.41, 5.74) is 1.89. The second kappa shape index (κ2) is 9.67. The number of hydrogen-bond acceptors (Lipinski definition) is 4. The van der Waals surface area contributed by atoms with E-state index in [-0.39, 0.29) is 13.0 Å². The van der Waals surface area contributed by atoms with E-state index in [0.29, 0.717) is 11.6 Å². The zero-order chi connectivity index (χ0) is 23.5. The molecule has 1 N–H and O–H groups in total. The Bertz CT molecular complexity index is 926. The lowest BCUT2D eigenvalue weighted by atomic mass is 10.00. The van der Waals surface area contributed by atoms with Gasteiger partial charge in [-0.3, -0.25) is 14.7 Å². The quantitative estimate of drug-likeness (QED) is 0.726. The molecule has 6 nitrogen and oxygen atoms in total. The van der Waals surface area contributed by atoms with Gasteiger partial charge in [0.05, 0.1) is 18.3 Å². The number of carbonyl (C=O) groups excluding carboxylic acids is 2. The van der Waals surface area contributed by atoms with Gasteiger partial charge >= 0.3 is 6.09 Å². The number of hydrogen-bond donors (Lipinski definition) is 1. The predicted octanol–water partition coefficient (Wildman–Crippen LogP) is 4.76. The van der Waals surface area contributed by atoms with Crippen molar-refractivity contribution in [1.82, 2.24) is 15.2 Å². The van der Waals surface area contributed by atoms with E-state index < -0.39 is 35.9 Å². The number of amides is 2. The van der Waals surface area contributed by atoms with E-state index in [1.165, 1.54) is 4.90 Å². The average Bonchev–Trinajstić information content (AvgIpc) is 3.13. The topological polar surface area (TPSA) is 71.5 Å². The minimum atomic E-state index is -1.28. The summed E-state index contributed by atoms with van der Waals surface area (Å²) in [5.74, 6) is -0.0942. The number of nitrogens with one attached hydrogen (secondary N) is 1. The number of halogens is 1. The molecule has 32 heavy (non-hydrogen) atoms. The van der Waals surface area contributed by atoms with Gasteiger partial charge in [0, 0.05) is 12.6 Å². The molecule has 1 aliphatic heterocycles. The van der Waals surface area contributed by atoms with Crippen molar-refractivity contribution in [3.8, 4) is 0 Å². The van der Waals surface area contributed by atoms with Crippen LogP contribution in [0.4, 0.5) is 9.18 Å². The molecule has 1 fully saturated rings. The summed E-state index contributed by atoms with van der Waals surface area (Å²) < 4.78 is 19.6. The fourth-order valence-corrected chi connectivity index (χ4v) is 3.70. The van der Waals surface area contributed by atoms with Gasteiger partial charge in [-0.15, -0.1) is 0 Å². The summed E-state index contributed by atoms with van der Waals surface area (Å²) in [4.78, 5) is 31.6. The fraction of sp³-hybridized carbons (Fsp3) is 0.480. The molecule has 2 heterocycles. The zero-order valence-corrected chi connectivity index (χ0v) is 19.3. The van der Waals surface area contributed by atoms with Gasteiger partial charge in [0.2, 0.25) is 5.91 Å². The highest BCUT2D eigenvalue weighted by molar-refractivity contribution is 5.87. The van der Waals surface area contributed by atoms with Gasteiger partial charge in [0.15, 0.2) is 0 Å². The lowest BCUT2D eigenvalue weighted by molar-refractivity contribution is -0.126. The number of rotatable bonds is 5. The second-order valence-electron chi connectivity index (χ2n) is 9.50. The summed E-state index contributed by atoms with van der Waals surface area (Å²) in [5, 5.41) is 2.99. The molecule has 1 aromatic carbocycles. The van der Waals surface area contributed by atoms with Crippen LogP contribution in [0, 0.1) is 0 Å². The SMILES string of the molecule is CC(C)c1ccc([C@@H](NC(=O)[C@@H]2C[C@@H](F)CN2C(=O)OC(C)(C)C)c2ccccc2)nc1. The minimum Gasteiger partial charge on any atom is -0.444 e. The highest BCUT2D eigenvalue weighted by Crippen LogP contribution is 2.26. The van der Waals surface area contributed by atoms with E-state index in [4.69, 9.17) is 4.74 Å². The van der Waals surface area contributed by atoms with Crippen molar-refractivity contribution in [3.05, 3.63) is 65.5 Å². The van der Waals surface area contributed by atoms with Gasteiger partial charge in [-0.1, -0.05) is 50.2 Å². The van der Waals surface area contributed by atoms with E-state index in [9.17, 15) is 14.0 Å². The number of nitrogens with zero attached hydrogens (tertiary/aromatic N) is 2. The van der Waals surface area contributed by atoms with Crippen LogP contribution >= 0.6 is 0 Å². The maximum atomic E-state index is 14.2. The molecule has 1 aliphatic rings. The Hall–Kier alpha value is -2.96. The molecular weight excluding hydrogens is 409 g/mol. The van der Waals surface area contributed by atoms with Crippen LogP contribution in [0.3, 0.4) is 0 Å². The van der Waals surface area contributed by atoms with Crippen LogP contribution in [-0.2, 0) is 9.53 Å². The first kappa shape index (κ1) is 23.7. The number of pyridine rings is 1. The van der Waals surface area contributed by atoms with Gasteiger partial charge in [0.25, 0.3) is 0 Å². The molecule has 7 heteroatoms. The Balaban J connectivity index is 1.85. The van der Waals surface area contributed by atoms with Crippen molar-refractivity contribution < 1.29 is 18.7 Å². The molecule has 0 radical (unpaired) electrons. The average molecular weight is 442 g/mol. The molecule has 172 valence electrons. The number of aromatic nitrogens is 1. The monoisotopic (exact) mass is 441 g/mol. The molecule has 0 aliphatic carbocycles. The number of ether oxygens (including phenoxy) is 1. The Morgan fingerprint density at radius 3 is 2.38 bits per heavy atom. The van der Waals surface area contributed by atoms with E-state index >= 15 is 0 Å². The van der Waals surface area contributed by atoms with Crippen molar-refractivity contribution in [3.63, 3.8) is 0 Å².